The smallest absolute Gasteiger partial charge is 0.276 e. The van der Waals surface area contributed by atoms with E-state index in [1.807, 2.05) is 20.8 Å². The molecule has 0 aliphatic heterocycles. The molecule has 30 heavy (non-hydrogen) atoms. The monoisotopic (exact) mass is 449 g/mol. The van der Waals surface area contributed by atoms with Crippen molar-refractivity contribution < 1.29 is 19.1 Å². The van der Waals surface area contributed by atoms with Crippen molar-refractivity contribution in [3.8, 4) is 11.5 Å². The second-order valence-electron chi connectivity index (χ2n) is 6.86. The number of hydrazine groups is 1. The first-order valence-corrected chi connectivity index (χ1v) is 10.1. The van der Waals surface area contributed by atoms with Crippen molar-refractivity contribution in [2.24, 2.45) is 5.92 Å². The van der Waals surface area contributed by atoms with Gasteiger partial charge in [0.25, 0.3) is 11.8 Å². The van der Waals surface area contributed by atoms with Crippen molar-refractivity contribution in [1.82, 2.24) is 16.2 Å². The number of carbonyl (C=O) groups is 2. The number of rotatable bonds is 7. The van der Waals surface area contributed by atoms with E-state index in [-0.39, 0.29) is 11.7 Å². The first-order valence-electron chi connectivity index (χ1n) is 9.27. The van der Waals surface area contributed by atoms with E-state index in [9.17, 15) is 9.59 Å². The van der Waals surface area contributed by atoms with Crippen LogP contribution in [0.5, 0.6) is 11.5 Å². The number of carbonyl (C=O) groups excluding carboxylic acids is 2. The number of halogens is 1. The number of para-hydroxylation sites is 1. The van der Waals surface area contributed by atoms with E-state index in [0.717, 1.165) is 5.56 Å². The summed E-state index contributed by atoms with van der Waals surface area (Å²) in [7, 11) is 0. The first-order chi connectivity index (χ1) is 14.3. The Morgan fingerprint density at radius 2 is 1.80 bits per heavy atom. The lowest BCUT2D eigenvalue weighted by molar-refractivity contribution is -0.123. The third-order valence-electron chi connectivity index (χ3n) is 3.74. The van der Waals surface area contributed by atoms with Gasteiger partial charge in [-0.3, -0.25) is 25.8 Å². The minimum Gasteiger partial charge on any atom is -0.492 e. The molecule has 0 fully saturated rings. The minimum atomic E-state index is -0.471. The molecule has 0 saturated carbocycles. The van der Waals surface area contributed by atoms with Crippen molar-refractivity contribution >= 4 is 40.7 Å². The summed E-state index contributed by atoms with van der Waals surface area (Å²) in [6.45, 7) is 6.10. The number of nitrogens with one attached hydrogen (secondary N) is 3. The van der Waals surface area contributed by atoms with Crippen LogP contribution in [0.2, 0.25) is 5.02 Å². The Kier molecular flexibility index (Phi) is 8.89. The van der Waals surface area contributed by atoms with Crippen LogP contribution in [0, 0.1) is 12.8 Å². The molecule has 2 rings (SSSR count). The SMILES string of the molecule is Cc1cc(Cl)ccc1OCC(=O)NNC(=S)NC(=O)c1ccccc1OCC(C)C. The molecule has 0 atom stereocenters. The van der Waals surface area contributed by atoms with Crippen LogP contribution in [-0.2, 0) is 4.79 Å². The van der Waals surface area contributed by atoms with Gasteiger partial charge in [-0.1, -0.05) is 37.6 Å². The fraction of sp³-hybridized carbons (Fsp3) is 0.286. The summed E-state index contributed by atoms with van der Waals surface area (Å²) in [6.07, 6.45) is 0. The molecule has 0 aliphatic carbocycles. The maximum atomic E-state index is 12.5. The Morgan fingerprint density at radius 3 is 2.50 bits per heavy atom. The molecule has 0 aliphatic rings. The average molecular weight is 450 g/mol. The van der Waals surface area contributed by atoms with Gasteiger partial charge in [0.2, 0.25) is 0 Å². The summed E-state index contributed by atoms with van der Waals surface area (Å²) >= 11 is 10.9. The summed E-state index contributed by atoms with van der Waals surface area (Å²) in [4.78, 5) is 24.4. The normalized spacial score (nSPS) is 10.3. The number of aryl methyl sites for hydroxylation is 1. The highest BCUT2D eigenvalue weighted by Gasteiger charge is 2.14. The molecule has 7 nitrogen and oxygen atoms in total. The van der Waals surface area contributed by atoms with Gasteiger partial charge in [-0.05, 0) is 61.0 Å². The molecule has 0 heterocycles. The lowest BCUT2D eigenvalue weighted by atomic mass is 10.2. The van der Waals surface area contributed by atoms with Gasteiger partial charge < -0.3 is 9.47 Å². The zero-order valence-corrected chi connectivity index (χ0v) is 18.5. The van der Waals surface area contributed by atoms with Gasteiger partial charge in [-0.15, -0.1) is 0 Å². The van der Waals surface area contributed by atoms with Gasteiger partial charge in [0.15, 0.2) is 11.7 Å². The van der Waals surface area contributed by atoms with Crippen molar-refractivity contribution in [1.29, 1.82) is 0 Å². The summed E-state index contributed by atoms with van der Waals surface area (Å²) in [5, 5.41) is 3.03. The average Bonchev–Trinajstić information content (AvgIpc) is 2.70. The van der Waals surface area contributed by atoms with Crippen molar-refractivity contribution in [3.05, 3.63) is 58.6 Å². The van der Waals surface area contributed by atoms with E-state index in [2.05, 4.69) is 16.2 Å². The van der Waals surface area contributed by atoms with E-state index in [1.54, 1.807) is 42.5 Å². The fourth-order valence-corrected chi connectivity index (χ4v) is 2.69. The Balaban J connectivity index is 1.81. The Labute approximate surface area is 186 Å². The molecule has 0 radical (unpaired) electrons. The standard InChI is InChI=1S/C21H24ClN3O4S/c1-13(2)11-28-18-7-5-4-6-16(18)20(27)23-21(30)25-24-19(26)12-29-17-9-8-15(22)10-14(17)3/h4-10,13H,11-12H2,1-3H3,(H,24,26)(H2,23,25,27,30). The molecule has 2 aromatic rings. The van der Waals surface area contributed by atoms with Crippen molar-refractivity contribution in [2.45, 2.75) is 20.8 Å². The molecule has 2 aromatic carbocycles. The minimum absolute atomic E-state index is 0.0605. The lowest BCUT2D eigenvalue weighted by Gasteiger charge is -2.14. The van der Waals surface area contributed by atoms with Gasteiger partial charge in [0.05, 0.1) is 12.2 Å². The zero-order valence-electron chi connectivity index (χ0n) is 17.0. The lowest BCUT2D eigenvalue weighted by Crippen LogP contribution is -2.49. The van der Waals surface area contributed by atoms with Gasteiger partial charge in [0.1, 0.15) is 11.5 Å². The second kappa shape index (κ2) is 11.4. The molecular formula is C21H24ClN3O4S. The van der Waals surface area contributed by atoms with Crippen LogP contribution in [0.15, 0.2) is 42.5 Å². The van der Waals surface area contributed by atoms with Crippen LogP contribution in [0.1, 0.15) is 29.8 Å². The Morgan fingerprint density at radius 1 is 1.07 bits per heavy atom. The molecule has 160 valence electrons. The van der Waals surface area contributed by atoms with Crippen LogP contribution >= 0.6 is 23.8 Å². The second-order valence-corrected chi connectivity index (χ2v) is 7.70. The molecule has 2 amide bonds. The topological polar surface area (TPSA) is 88.7 Å². The Hall–Kier alpha value is -2.84. The van der Waals surface area contributed by atoms with Crippen LogP contribution in [-0.4, -0.2) is 30.1 Å². The molecule has 9 heteroatoms. The summed E-state index contributed by atoms with van der Waals surface area (Å²) in [6, 6.07) is 12.0. The number of hydrogen-bond acceptors (Lipinski definition) is 5. The largest absolute Gasteiger partial charge is 0.492 e. The molecule has 0 bridgehead atoms. The molecule has 0 aromatic heterocycles. The molecule has 3 N–H and O–H groups in total. The third kappa shape index (κ3) is 7.53. The van der Waals surface area contributed by atoms with Crippen molar-refractivity contribution in [2.75, 3.05) is 13.2 Å². The Bertz CT molecular complexity index is 921. The van der Waals surface area contributed by atoms with Crippen LogP contribution in [0.4, 0.5) is 0 Å². The van der Waals surface area contributed by atoms with E-state index in [1.165, 1.54) is 0 Å². The molecular weight excluding hydrogens is 426 g/mol. The van der Waals surface area contributed by atoms with E-state index < -0.39 is 11.8 Å². The predicted molar refractivity (Wildman–Crippen MR) is 120 cm³/mol. The first kappa shape index (κ1) is 23.4. The highest BCUT2D eigenvalue weighted by Crippen LogP contribution is 2.21. The van der Waals surface area contributed by atoms with Crippen LogP contribution in [0.3, 0.4) is 0 Å². The van der Waals surface area contributed by atoms with E-state index in [0.29, 0.717) is 34.6 Å². The van der Waals surface area contributed by atoms with Gasteiger partial charge in [-0.2, -0.15) is 0 Å². The van der Waals surface area contributed by atoms with E-state index >= 15 is 0 Å². The van der Waals surface area contributed by atoms with Crippen LogP contribution < -0.4 is 25.6 Å². The number of benzene rings is 2. The maximum absolute atomic E-state index is 12.5. The molecule has 0 unspecified atom stereocenters. The van der Waals surface area contributed by atoms with Crippen molar-refractivity contribution in [3.63, 3.8) is 0 Å². The number of ether oxygens (including phenoxy) is 2. The van der Waals surface area contributed by atoms with Gasteiger partial charge in [-0.25, -0.2) is 0 Å². The summed E-state index contributed by atoms with van der Waals surface area (Å²) in [5.41, 5.74) is 5.99. The predicted octanol–water partition coefficient (Wildman–Crippen LogP) is 3.40. The fourth-order valence-electron chi connectivity index (χ4n) is 2.32. The highest BCUT2D eigenvalue weighted by molar-refractivity contribution is 7.80. The van der Waals surface area contributed by atoms with Crippen LogP contribution in [0.25, 0.3) is 0 Å². The maximum Gasteiger partial charge on any atom is 0.276 e. The van der Waals surface area contributed by atoms with Gasteiger partial charge in [0, 0.05) is 5.02 Å². The summed E-state index contributed by atoms with van der Waals surface area (Å²) < 4.78 is 11.1. The molecule has 0 spiro atoms. The highest BCUT2D eigenvalue weighted by atomic mass is 35.5. The number of hydrogen-bond donors (Lipinski definition) is 3. The summed E-state index contributed by atoms with van der Waals surface area (Å²) in [5.74, 6) is 0.402. The number of thiocarbonyl (C=S) groups is 1. The van der Waals surface area contributed by atoms with Gasteiger partial charge >= 0.3 is 0 Å². The van der Waals surface area contributed by atoms with E-state index in [4.69, 9.17) is 33.3 Å². The number of amides is 2. The zero-order chi connectivity index (χ0) is 22.1. The molecule has 0 saturated heterocycles. The third-order valence-corrected chi connectivity index (χ3v) is 4.18. The quantitative estimate of drug-likeness (QED) is 0.443.